The van der Waals surface area contributed by atoms with Gasteiger partial charge in [0.1, 0.15) is 17.4 Å². The number of nitrogens with zero attached hydrogens (tertiary/aromatic N) is 3. The molecule has 0 saturated carbocycles. The van der Waals surface area contributed by atoms with E-state index < -0.39 is 0 Å². The topological polar surface area (TPSA) is 94.5 Å². The standard InChI is InChI=1S/C17H21N5O/c1-11(23)12(7-18)5-6-13-8-19-16-15(13)22-14(9-20-16)21-10-17(2,3)4/h5,8-9H,6,10H2,1-4H3,(H,19,20)(H,21,22)/b12-5+. The number of hydrogen-bond acceptors (Lipinski definition) is 5. The number of carbonyl (C=O) groups is 1. The Balaban J connectivity index is 2.25. The lowest BCUT2D eigenvalue weighted by Gasteiger charge is -2.18. The second-order valence-electron chi connectivity index (χ2n) is 6.67. The molecular weight excluding hydrogens is 290 g/mol. The summed E-state index contributed by atoms with van der Waals surface area (Å²) in [6.07, 6.45) is 5.59. The van der Waals surface area contributed by atoms with Gasteiger partial charge in [-0.1, -0.05) is 26.8 Å². The first kappa shape index (κ1) is 16.7. The first-order valence-corrected chi connectivity index (χ1v) is 7.48. The number of rotatable bonds is 5. The van der Waals surface area contributed by atoms with E-state index in [-0.39, 0.29) is 16.8 Å². The zero-order valence-corrected chi connectivity index (χ0v) is 13.9. The van der Waals surface area contributed by atoms with Gasteiger partial charge < -0.3 is 10.3 Å². The zero-order chi connectivity index (χ0) is 17.0. The minimum absolute atomic E-state index is 0.142. The largest absolute Gasteiger partial charge is 0.368 e. The van der Waals surface area contributed by atoms with Gasteiger partial charge >= 0.3 is 0 Å². The molecule has 2 aromatic heterocycles. The molecule has 0 bridgehead atoms. The number of anilines is 1. The second-order valence-corrected chi connectivity index (χ2v) is 6.67. The van der Waals surface area contributed by atoms with Gasteiger partial charge in [0.2, 0.25) is 0 Å². The van der Waals surface area contributed by atoms with Gasteiger partial charge in [0.05, 0.1) is 11.8 Å². The minimum atomic E-state index is -0.231. The molecule has 2 heterocycles. The Morgan fingerprint density at radius 1 is 1.48 bits per heavy atom. The van der Waals surface area contributed by atoms with E-state index in [1.165, 1.54) is 6.92 Å². The molecule has 2 N–H and O–H groups in total. The fourth-order valence-corrected chi connectivity index (χ4v) is 2.02. The summed E-state index contributed by atoms with van der Waals surface area (Å²) in [5.41, 5.74) is 2.65. The van der Waals surface area contributed by atoms with Crippen LogP contribution in [0.2, 0.25) is 0 Å². The van der Waals surface area contributed by atoms with E-state index in [1.54, 1.807) is 12.3 Å². The number of nitriles is 1. The van der Waals surface area contributed by atoms with Crippen molar-refractivity contribution in [3.8, 4) is 6.07 Å². The quantitative estimate of drug-likeness (QED) is 0.654. The van der Waals surface area contributed by atoms with Gasteiger partial charge in [0.15, 0.2) is 11.4 Å². The average molecular weight is 311 g/mol. The smallest absolute Gasteiger partial charge is 0.169 e. The molecule has 23 heavy (non-hydrogen) atoms. The lowest BCUT2D eigenvalue weighted by atomic mass is 9.97. The number of hydrogen-bond donors (Lipinski definition) is 2. The van der Waals surface area contributed by atoms with E-state index >= 15 is 0 Å². The number of aromatic amines is 1. The fraction of sp³-hybridized carbons (Fsp3) is 0.412. The summed E-state index contributed by atoms with van der Waals surface area (Å²) in [5.74, 6) is 0.482. The Morgan fingerprint density at radius 2 is 2.22 bits per heavy atom. The monoisotopic (exact) mass is 311 g/mol. The molecule has 2 rings (SSSR count). The Labute approximate surface area is 135 Å². The summed E-state index contributed by atoms with van der Waals surface area (Å²) >= 11 is 0. The highest BCUT2D eigenvalue weighted by Gasteiger charge is 2.12. The molecule has 0 saturated heterocycles. The van der Waals surface area contributed by atoms with Crippen molar-refractivity contribution in [1.82, 2.24) is 15.0 Å². The van der Waals surface area contributed by atoms with Gasteiger partial charge in [-0.3, -0.25) is 4.79 Å². The Hall–Kier alpha value is -2.68. The molecule has 6 nitrogen and oxygen atoms in total. The summed E-state index contributed by atoms with van der Waals surface area (Å²) in [6.45, 7) is 8.60. The fourth-order valence-electron chi connectivity index (χ4n) is 2.02. The average Bonchev–Trinajstić information content (AvgIpc) is 2.87. The molecule has 0 aliphatic rings. The predicted molar refractivity (Wildman–Crippen MR) is 89.9 cm³/mol. The molecule has 0 aliphatic carbocycles. The van der Waals surface area contributed by atoms with Gasteiger partial charge in [-0.15, -0.1) is 0 Å². The van der Waals surface area contributed by atoms with E-state index in [1.807, 2.05) is 12.3 Å². The number of H-pyrrole nitrogens is 1. The molecule has 0 spiro atoms. The summed E-state index contributed by atoms with van der Waals surface area (Å²) in [5, 5.41) is 12.2. The van der Waals surface area contributed by atoms with E-state index in [9.17, 15) is 4.79 Å². The molecular formula is C17H21N5O. The highest BCUT2D eigenvalue weighted by atomic mass is 16.1. The SMILES string of the molecule is CC(=O)/C(C#N)=C/Cc1c[nH]c2ncc(NCC(C)(C)C)nc12. The first-order valence-electron chi connectivity index (χ1n) is 7.48. The van der Waals surface area contributed by atoms with E-state index in [0.717, 1.165) is 17.6 Å². The highest BCUT2D eigenvalue weighted by molar-refractivity contribution is 5.97. The van der Waals surface area contributed by atoms with Crippen LogP contribution in [0.5, 0.6) is 0 Å². The zero-order valence-electron chi connectivity index (χ0n) is 13.9. The number of fused-ring (bicyclic) bond motifs is 1. The molecule has 120 valence electrons. The van der Waals surface area contributed by atoms with Crippen molar-refractivity contribution < 1.29 is 4.79 Å². The van der Waals surface area contributed by atoms with Crippen molar-refractivity contribution >= 4 is 22.8 Å². The number of nitrogens with one attached hydrogen (secondary N) is 2. The van der Waals surface area contributed by atoms with Crippen LogP contribution in [0.25, 0.3) is 11.2 Å². The third-order valence-electron chi connectivity index (χ3n) is 3.29. The molecule has 0 amide bonds. The molecule has 0 fully saturated rings. The lowest BCUT2D eigenvalue weighted by Crippen LogP contribution is -2.19. The van der Waals surface area contributed by atoms with Crippen molar-refractivity contribution in [2.75, 3.05) is 11.9 Å². The van der Waals surface area contributed by atoms with Crippen LogP contribution >= 0.6 is 0 Å². The van der Waals surface area contributed by atoms with Crippen molar-refractivity contribution in [3.05, 3.63) is 29.6 Å². The van der Waals surface area contributed by atoms with Crippen LogP contribution in [-0.2, 0) is 11.2 Å². The van der Waals surface area contributed by atoms with Crippen LogP contribution < -0.4 is 5.32 Å². The summed E-state index contributed by atoms with van der Waals surface area (Å²) in [6, 6.07) is 1.91. The highest BCUT2D eigenvalue weighted by Crippen LogP contribution is 2.19. The van der Waals surface area contributed by atoms with Gasteiger partial charge in [-0.25, -0.2) is 9.97 Å². The van der Waals surface area contributed by atoms with Crippen molar-refractivity contribution in [2.24, 2.45) is 5.41 Å². The number of aromatic nitrogens is 3. The molecule has 0 radical (unpaired) electrons. The number of Topliss-reactive ketones (excluding diaryl/α,β-unsaturated/α-hetero) is 1. The van der Waals surface area contributed by atoms with Crippen LogP contribution in [0.3, 0.4) is 0 Å². The van der Waals surface area contributed by atoms with Crippen LogP contribution in [0.1, 0.15) is 33.3 Å². The predicted octanol–water partition coefficient (Wildman–Crippen LogP) is 3.00. The maximum absolute atomic E-state index is 11.3. The van der Waals surface area contributed by atoms with Crippen molar-refractivity contribution in [3.63, 3.8) is 0 Å². The first-order chi connectivity index (χ1) is 10.8. The Morgan fingerprint density at radius 3 is 2.83 bits per heavy atom. The maximum Gasteiger partial charge on any atom is 0.169 e. The molecule has 0 aromatic carbocycles. The van der Waals surface area contributed by atoms with Crippen LogP contribution in [0.15, 0.2) is 24.0 Å². The maximum atomic E-state index is 11.3. The molecule has 6 heteroatoms. The van der Waals surface area contributed by atoms with E-state index in [4.69, 9.17) is 5.26 Å². The molecule has 0 atom stereocenters. The third-order valence-corrected chi connectivity index (χ3v) is 3.29. The summed E-state index contributed by atoms with van der Waals surface area (Å²) in [7, 11) is 0. The van der Waals surface area contributed by atoms with Crippen LogP contribution in [-0.4, -0.2) is 27.3 Å². The number of allylic oxidation sites excluding steroid dienone is 2. The Bertz CT molecular complexity index is 789. The molecule has 0 unspecified atom stereocenters. The van der Waals surface area contributed by atoms with Gasteiger partial charge in [-0.2, -0.15) is 5.26 Å². The van der Waals surface area contributed by atoms with Crippen molar-refractivity contribution in [1.29, 1.82) is 5.26 Å². The molecule has 2 aromatic rings. The number of ketones is 1. The van der Waals surface area contributed by atoms with E-state index in [0.29, 0.717) is 17.9 Å². The van der Waals surface area contributed by atoms with Gasteiger partial charge in [0, 0.05) is 18.3 Å². The third kappa shape index (κ3) is 4.39. The molecule has 0 aliphatic heterocycles. The number of carbonyl (C=O) groups excluding carboxylic acids is 1. The minimum Gasteiger partial charge on any atom is -0.368 e. The van der Waals surface area contributed by atoms with E-state index in [2.05, 4.69) is 41.0 Å². The van der Waals surface area contributed by atoms with Gasteiger partial charge in [0.25, 0.3) is 0 Å². The summed E-state index contributed by atoms with van der Waals surface area (Å²) < 4.78 is 0. The Kier molecular flexibility index (Phi) is 4.80. The van der Waals surface area contributed by atoms with Gasteiger partial charge in [-0.05, 0) is 18.8 Å². The normalized spacial score (nSPS) is 12.2. The summed E-state index contributed by atoms with van der Waals surface area (Å²) in [4.78, 5) is 23.3. The van der Waals surface area contributed by atoms with Crippen LogP contribution in [0.4, 0.5) is 5.82 Å². The van der Waals surface area contributed by atoms with Crippen molar-refractivity contribution in [2.45, 2.75) is 34.1 Å². The second kappa shape index (κ2) is 6.61. The van der Waals surface area contributed by atoms with Crippen LogP contribution in [0, 0.1) is 16.7 Å². The lowest BCUT2D eigenvalue weighted by molar-refractivity contribution is -0.113.